The highest BCUT2D eigenvalue weighted by molar-refractivity contribution is 7.07. The van der Waals surface area contributed by atoms with Crippen LogP contribution in [0.3, 0.4) is 0 Å². The third kappa shape index (κ3) is 3.56. The lowest BCUT2D eigenvalue weighted by Crippen LogP contribution is -2.30. The minimum atomic E-state index is 0.0980. The Kier molecular flexibility index (Phi) is 5.41. The number of hydrogen-bond acceptors (Lipinski definition) is 4. The van der Waals surface area contributed by atoms with Gasteiger partial charge in [-0.1, -0.05) is 0 Å². The number of methoxy groups -OCH3 is 2. The Labute approximate surface area is 147 Å². The lowest BCUT2D eigenvalue weighted by molar-refractivity contribution is -0.132. The zero-order valence-corrected chi connectivity index (χ0v) is 15.0. The van der Waals surface area contributed by atoms with Crippen molar-refractivity contribution >= 4 is 17.2 Å². The van der Waals surface area contributed by atoms with Crippen LogP contribution in [-0.4, -0.2) is 31.6 Å². The molecule has 1 aliphatic heterocycles. The quantitative estimate of drug-likeness (QED) is 0.792. The molecule has 1 atom stereocenters. The van der Waals surface area contributed by atoms with Crippen molar-refractivity contribution in [1.82, 2.24) is 4.90 Å². The van der Waals surface area contributed by atoms with Crippen molar-refractivity contribution in [2.45, 2.75) is 31.7 Å². The first-order valence-electron chi connectivity index (χ1n) is 8.25. The number of likely N-dealkylation sites (tertiary alicyclic amines) is 1. The van der Waals surface area contributed by atoms with Crippen LogP contribution < -0.4 is 9.47 Å². The fraction of sp³-hybridized carbons (Fsp3) is 0.421. The molecular weight excluding hydrogens is 322 g/mol. The lowest BCUT2D eigenvalue weighted by Gasteiger charge is -2.26. The van der Waals surface area contributed by atoms with Crippen molar-refractivity contribution in [2.24, 2.45) is 0 Å². The molecular formula is C19H23NO3S. The van der Waals surface area contributed by atoms with Gasteiger partial charge in [0.1, 0.15) is 11.5 Å². The van der Waals surface area contributed by atoms with Crippen molar-refractivity contribution < 1.29 is 14.3 Å². The number of ether oxygens (including phenoxy) is 2. The zero-order valence-electron chi connectivity index (χ0n) is 14.2. The van der Waals surface area contributed by atoms with E-state index in [-0.39, 0.29) is 11.9 Å². The fourth-order valence-electron chi connectivity index (χ4n) is 3.31. The molecule has 5 heteroatoms. The van der Waals surface area contributed by atoms with Gasteiger partial charge >= 0.3 is 0 Å². The summed E-state index contributed by atoms with van der Waals surface area (Å²) < 4.78 is 10.8. The highest BCUT2D eigenvalue weighted by atomic mass is 32.1. The van der Waals surface area contributed by atoms with Gasteiger partial charge in [-0.25, -0.2) is 0 Å². The van der Waals surface area contributed by atoms with Gasteiger partial charge in [0.05, 0.1) is 20.3 Å². The summed E-state index contributed by atoms with van der Waals surface area (Å²) >= 11 is 1.68. The van der Waals surface area contributed by atoms with Crippen LogP contribution in [-0.2, 0) is 11.2 Å². The second kappa shape index (κ2) is 7.71. The first kappa shape index (κ1) is 16.8. The first-order chi connectivity index (χ1) is 11.7. The molecule has 0 saturated carbocycles. The molecule has 0 N–H and O–H groups in total. The molecule has 0 aliphatic carbocycles. The number of nitrogens with zero attached hydrogens (tertiary/aromatic N) is 1. The van der Waals surface area contributed by atoms with Crippen LogP contribution in [0.5, 0.6) is 11.5 Å². The van der Waals surface area contributed by atoms with Crippen molar-refractivity contribution in [3.05, 3.63) is 46.2 Å². The molecule has 1 amide bonds. The maximum atomic E-state index is 12.7. The molecule has 2 aromatic rings. The largest absolute Gasteiger partial charge is 0.497 e. The molecule has 1 fully saturated rings. The molecule has 4 nitrogen and oxygen atoms in total. The molecule has 0 spiro atoms. The Hall–Kier alpha value is -2.01. The average molecular weight is 345 g/mol. The van der Waals surface area contributed by atoms with Crippen molar-refractivity contribution in [3.63, 3.8) is 0 Å². The van der Waals surface area contributed by atoms with E-state index in [9.17, 15) is 4.79 Å². The number of carbonyl (C=O) groups excluding carboxylic acids is 1. The summed E-state index contributed by atoms with van der Waals surface area (Å²) in [4.78, 5) is 14.7. The summed E-state index contributed by atoms with van der Waals surface area (Å²) in [7, 11) is 3.31. The monoisotopic (exact) mass is 345 g/mol. The molecule has 1 aromatic heterocycles. The van der Waals surface area contributed by atoms with Crippen LogP contribution in [0.1, 0.15) is 36.4 Å². The minimum Gasteiger partial charge on any atom is -0.497 e. The molecule has 1 aliphatic rings. The van der Waals surface area contributed by atoms with Gasteiger partial charge in [-0.15, -0.1) is 0 Å². The lowest BCUT2D eigenvalue weighted by atomic mass is 10.0. The molecule has 1 saturated heterocycles. The van der Waals surface area contributed by atoms with Crippen LogP contribution in [0.4, 0.5) is 0 Å². The van der Waals surface area contributed by atoms with E-state index in [1.807, 2.05) is 23.1 Å². The third-order valence-corrected chi connectivity index (χ3v) is 5.31. The van der Waals surface area contributed by atoms with Crippen molar-refractivity contribution in [2.75, 3.05) is 20.8 Å². The predicted octanol–water partition coefficient (Wildman–Crippen LogP) is 4.06. The third-order valence-electron chi connectivity index (χ3n) is 4.58. The zero-order chi connectivity index (χ0) is 16.9. The molecule has 3 rings (SSSR count). The maximum Gasteiger partial charge on any atom is 0.223 e. The van der Waals surface area contributed by atoms with Crippen LogP contribution >= 0.6 is 11.3 Å². The molecule has 1 unspecified atom stereocenters. The van der Waals surface area contributed by atoms with E-state index in [0.717, 1.165) is 42.9 Å². The van der Waals surface area contributed by atoms with Gasteiger partial charge in [0, 0.05) is 24.6 Å². The van der Waals surface area contributed by atoms with Gasteiger partial charge in [-0.05, 0) is 53.8 Å². The van der Waals surface area contributed by atoms with Gasteiger partial charge in [0.15, 0.2) is 0 Å². The molecule has 1 aromatic carbocycles. The summed E-state index contributed by atoms with van der Waals surface area (Å²) in [5.41, 5.74) is 2.31. The normalized spacial score (nSPS) is 17.1. The predicted molar refractivity (Wildman–Crippen MR) is 95.9 cm³/mol. The second-order valence-electron chi connectivity index (χ2n) is 5.98. The summed E-state index contributed by atoms with van der Waals surface area (Å²) in [5.74, 6) is 1.78. The van der Waals surface area contributed by atoms with Crippen LogP contribution in [0.2, 0.25) is 0 Å². The standard InChI is InChI=1S/C19H23NO3S/c1-22-15-6-7-16(18(12-15)23-2)17-4-3-10-20(17)19(21)8-5-14-9-11-24-13-14/h6-7,9,11-13,17H,3-5,8,10H2,1-2H3. The highest BCUT2D eigenvalue weighted by Gasteiger charge is 2.31. The SMILES string of the molecule is COc1ccc(C2CCCN2C(=O)CCc2ccsc2)c(OC)c1. The smallest absolute Gasteiger partial charge is 0.223 e. The summed E-state index contributed by atoms with van der Waals surface area (Å²) in [6.07, 6.45) is 3.38. The van der Waals surface area contributed by atoms with E-state index < -0.39 is 0 Å². The summed E-state index contributed by atoms with van der Waals surface area (Å²) in [5, 5.41) is 4.17. The summed E-state index contributed by atoms with van der Waals surface area (Å²) in [6, 6.07) is 8.03. The van der Waals surface area contributed by atoms with Crippen LogP contribution in [0.15, 0.2) is 35.0 Å². The molecule has 24 heavy (non-hydrogen) atoms. The Morgan fingerprint density at radius 2 is 2.17 bits per heavy atom. The second-order valence-corrected chi connectivity index (χ2v) is 6.76. The number of rotatable bonds is 6. The Morgan fingerprint density at radius 3 is 2.88 bits per heavy atom. The van der Waals surface area contributed by atoms with Gasteiger partial charge < -0.3 is 14.4 Å². The van der Waals surface area contributed by atoms with E-state index in [2.05, 4.69) is 16.8 Å². The Bertz CT molecular complexity index is 684. The molecule has 0 bridgehead atoms. The first-order valence-corrected chi connectivity index (χ1v) is 9.19. The van der Waals surface area contributed by atoms with E-state index in [1.165, 1.54) is 5.56 Å². The van der Waals surface area contributed by atoms with E-state index in [0.29, 0.717) is 6.42 Å². The van der Waals surface area contributed by atoms with Crippen LogP contribution in [0.25, 0.3) is 0 Å². The van der Waals surface area contributed by atoms with Crippen LogP contribution in [0, 0.1) is 0 Å². The van der Waals surface area contributed by atoms with Crippen molar-refractivity contribution in [3.8, 4) is 11.5 Å². The number of thiophene rings is 1. The van der Waals surface area contributed by atoms with E-state index in [4.69, 9.17) is 9.47 Å². The minimum absolute atomic E-state index is 0.0980. The van der Waals surface area contributed by atoms with E-state index in [1.54, 1.807) is 25.6 Å². The molecule has 0 radical (unpaired) electrons. The van der Waals surface area contributed by atoms with Gasteiger partial charge in [-0.3, -0.25) is 4.79 Å². The fourth-order valence-corrected chi connectivity index (χ4v) is 4.02. The Morgan fingerprint density at radius 1 is 1.29 bits per heavy atom. The van der Waals surface area contributed by atoms with Gasteiger partial charge in [-0.2, -0.15) is 11.3 Å². The molecule has 128 valence electrons. The summed E-state index contributed by atoms with van der Waals surface area (Å²) in [6.45, 7) is 0.822. The number of aryl methyl sites for hydroxylation is 1. The molecule has 2 heterocycles. The van der Waals surface area contributed by atoms with Crippen molar-refractivity contribution in [1.29, 1.82) is 0 Å². The van der Waals surface area contributed by atoms with Gasteiger partial charge in [0.25, 0.3) is 0 Å². The van der Waals surface area contributed by atoms with Gasteiger partial charge in [0.2, 0.25) is 5.91 Å². The number of benzene rings is 1. The van der Waals surface area contributed by atoms with E-state index >= 15 is 0 Å². The average Bonchev–Trinajstić information content (AvgIpc) is 3.30. The number of amides is 1. The Balaban J connectivity index is 1.74. The maximum absolute atomic E-state index is 12.7. The number of carbonyl (C=O) groups is 1. The highest BCUT2D eigenvalue weighted by Crippen LogP contribution is 2.39. The number of hydrogen-bond donors (Lipinski definition) is 0. The topological polar surface area (TPSA) is 38.8 Å².